The van der Waals surface area contributed by atoms with E-state index in [0.29, 0.717) is 6.54 Å². The summed E-state index contributed by atoms with van der Waals surface area (Å²) in [7, 11) is 0. The lowest BCUT2D eigenvalue weighted by Crippen LogP contribution is -2.36. The molecule has 0 aliphatic heterocycles. The highest BCUT2D eigenvalue weighted by molar-refractivity contribution is 5.83. The van der Waals surface area contributed by atoms with Gasteiger partial charge in [-0.15, -0.1) is 0 Å². The minimum atomic E-state index is -0.353. The van der Waals surface area contributed by atoms with Crippen molar-refractivity contribution in [1.29, 1.82) is 0 Å². The normalized spacial score (nSPS) is 11.2. The van der Waals surface area contributed by atoms with Crippen molar-refractivity contribution in [1.82, 2.24) is 5.32 Å². The third kappa shape index (κ3) is 5.20. The molecule has 0 atom stereocenters. The van der Waals surface area contributed by atoms with Crippen LogP contribution in [0.15, 0.2) is 24.3 Å². The average Bonchev–Trinajstić information content (AvgIpc) is 2.34. The Morgan fingerprint density at radius 3 is 2.53 bits per heavy atom. The molecular formula is C15H20FNO2. The summed E-state index contributed by atoms with van der Waals surface area (Å²) in [6, 6.07) is 6.36. The summed E-state index contributed by atoms with van der Waals surface area (Å²) in [5.74, 6) is -0.437. The fourth-order valence-electron chi connectivity index (χ4n) is 1.71. The molecule has 0 spiro atoms. The van der Waals surface area contributed by atoms with E-state index in [1.807, 2.05) is 19.9 Å². The monoisotopic (exact) mass is 265 g/mol. The van der Waals surface area contributed by atoms with Crippen LogP contribution in [0.2, 0.25) is 0 Å². The van der Waals surface area contributed by atoms with Gasteiger partial charge in [0.05, 0.1) is 0 Å². The molecule has 0 aliphatic carbocycles. The molecule has 0 fully saturated rings. The van der Waals surface area contributed by atoms with Crippen molar-refractivity contribution in [3.05, 3.63) is 35.6 Å². The third-order valence-electron chi connectivity index (χ3n) is 3.04. The zero-order valence-corrected chi connectivity index (χ0v) is 11.6. The molecule has 4 heteroatoms. The van der Waals surface area contributed by atoms with Crippen LogP contribution in [0.1, 0.15) is 39.2 Å². The molecule has 0 bridgehead atoms. The molecule has 1 rings (SSSR count). The molecule has 3 nitrogen and oxygen atoms in total. The molecule has 19 heavy (non-hydrogen) atoms. The second-order valence-electron chi connectivity index (χ2n) is 5.37. The van der Waals surface area contributed by atoms with E-state index in [4.69, 9.17) is 0 Å². The van der Waals surface area contributed by atoms with Gasteiger partial charge >= 0.3 is 0 Å². The Morgan fingerprint density at radius 1 is 1.26 bits per heavy atom. The Kier molecular flexibility index (Phi) is 5.21. The van der Waals surface area contributed by atoms with Crippen molar-refractivity contribution in [2.45, 2.75) is 39.0 Å². The SMILES string of the molecule is CC(=O)CCC(=O)NCC(C)(C)c1cccc(F)c1. The summed E-state index contributed by atoms with van der Waals surface area (Å²) in [6.07, 6.45) is 0.459. The van der Waals surface area contributed by atoms with Crippen LogP contribution in [0, 0.1) is 5.82 Å². The Hall–Kier alpha value is -1.71. The van der Waals surface area contributed by atoms with Crippen LogP contribution in [0.25, 0.3) is 0 Å². The van der Waals surface area contributed by atoms with Crippen molar-refractivity contribution in [2.24, 2.45) is 0 Å². The van der Waals surface area contributed by atoms with Crippen LogP contribution >= 0.6 is 0 Å². The standard InChI is InChI=1S/C15H20FNO2/c1-11(18)7-8-14(19)17-10-15(2,3)12-5-4-6-13(16)9-12/h4-6,9H,7-8,10H2,1-3H3,(H,17,19). The van der Waals surface area contributed by atoms with Crippen LogP contribution in [0.3, 0.4) is 0 Å². The van der Waals surface area contributed by atoms with Crippen LogP contribution in [-0.2, 0) is 15.0 Å². The number of hydrogen-bond acceptors (Lipinski definition) is 2. The predicted molar refractivity (Wildman–Crippen MR) is 72.4 cm³/mol. The highest BCUT2D eigenvalue weighted by atomic mass is 19.1. The highest BCUT2D eigenvalue weighted by Gasteiger charge is 2.21. The second-order valence-corrected chi connectivity index (χ2v) is 5.37. The maximum absolute atomic E-state index is 13.2. The first-order chi connectivity index (χ1) is 8.81. The quantitative estimate of drug-likeness (QED) is 0.859. The van der Waals surface area contributed by atoms with E-state index in [1.54, 1.807) is 6.07 Å². The van der Waals surface area contributed by atoms with E-state index in [0.717, 1.165) is 5.56 Å². The maximum atomic E-state index is 13.2. The largest absolute Gasteiger partial charge is 0.355 e. The third-order valence-corrected chi connectivity index (χ3v) is 3.04. The van der Waals surface area contributed by atoms with Crippen LogP contribution in [0.5, 0.6) is 0 Å². The van der Waals surface area contributed by atoms with E-state index in [1.165, 1.54) is 19.1 Å². The molecule has 1 N–H and O–H groups in total. The summed E-state index contributed by atoms with van der Waals surface area (Å²) in [4.78, 5) is 22.3. The van der Waals surface area contributed by atoms with Gasteiger partial charge in [-0.2, -0.15) is 0 Å². The number of halogens is 1. The molecule has 1 amide bonds. The summed E-state index contributed by atoms with van der Waals surface area (Å²) in [5, 5.41) is 2.78. The van der Waals surface area contributed by atoms with Crippen molar-refractivity contribution < 1.29 is 14.0 Å². The van der Waals surface area contributed by atoms with Gasteiger partial charge in [-0.05, 0) is 24.6 Å². The van der Waals surface area contributed by atoms with Crippen molar-refractivity contribution in [2.75, 3.05) is 6.54 Å². The van der Waals surface area contributed by atoms with Gasteiger partial charge in [0.25, 0.3) is 0 Å². The molecular weight excluding hydrogens is 245 g/mol. The number of benzene rings is 1. The van der Waals surface area contributed by atoms with Gasteiger partial charge in [0.2, 0.25) is 5.91 Å². The molecule has 0 saturated heterocycles. The first-order valence-corrected chi connectivity index (χ1v) is 6.33. The van der Waals surface area contributed by atoms with Gasteiger partial charge in [-0.1, -0.05) is 26.0 Å². The summed E-state index contributed by atoms with van der Waals surface area (Å²) >= 11 is 0. The minimum absolute atomic E-state index is 0.000425. The molecule has 1 aromatic carbocycles. The molecule has 0 aromatic heterocycles. The van der Waals surface area contributed by atoms with Crippen LogP contribution in [-0.4, -0.2) is 18.2 Å². The lowest BCUT2D eigenvalue weighted by atomic mass is 9.84. The molecule has 0 heterocycles. The van der Waals surface area contributed by atoms with Gasteiger partial charge in [-0.25, -0.2) is 4.39 Å². The van der Waals surface area contributed by atoms with Crippen molar-refractivity contribution in [3.8, 4) is 0 Å². The smallest absolute Gasteiger partial charge is 0.220 e. The van der Waals surface area contributed by atoms with Gasteiger partial charge in [0.15, 0.2) is 0 Å². The number of ketones is 1. The zero-order chi connectivity index (χ0) is 14.5. The Balaban J connectivity index is 2.55. The van der Waals surface area contributed by atoms with E-state index in [2.05, 4.69) is 5.32 Å². The first-order valence-electron chi connectivity index (χ1n) is 6.33. The summed E-state index contributed by atoms with van der Waals surface area (Å²) in [6.45, 7) is 5.75. The topological polar surface area (TPSA) is 46.2 Å². The highest BCUT2D eigenvalue weighted by Crippen LogP contribution is 2.22. The van der Waals surface area contributed by atoms with E-state index in [-0.39, 0.29) is 35.8 Å². The minimum Gasteiger partial charge on any atom is -0.355 e. The van der Waals surface area contributed by atoms with Gasteiger partial charge in [-0.3, -0.25) is 4.79 Å². The molecule has 0 aliphatic rings. The van der Waals surface area contributed by atoms with Crippen molar-refractivity contribution >= 4 is 11.7 Å². The molecule has 104 valence electrons. The number of nitrogens with one attached hydrogen (secondary N) is 1. The molecule has 0 saturated carbocycles. The number of hydrogen-bond donors (Lipinski definition) is 1. The number of Topliss-reactive ketones (excluding diaryl/α,β-unsaturated/α-hetero) is 1. The fraction of sp³-hybridized carbons (Fsp3) is 0.467. The number of rotatable bonds is 6. The van der Waals surface area contributed by atoms with E-state index >= 15 is 0 Å². The zero-order valence-electron chi connectivity index (χ0n) is 11.6. The maximum Gasteiger partial charge on any atom is 0.220 e. The second kappa shape index (κ2) is 6.45. The Labute approximate surface area is 113 Å². The van der Waals surface area contributed by atoms with E-state index in [9.17, 15) is 14.0 Å². The van der Waals surface area contributed by atoms with Crippen molar-refractivity contribution in [3.63, 3.8) is 0 Å². The molecule has 1 aromatic rings. The van der Waals surface area contributed by atoms with Gasteiger partial charge in [0.1, 0.15) is 11.6 Å². The average molecular weight is 265 g/mol. The first kappa shape index (κ1) is 15.3. The lowest BCUT2D eigenvalue weighted by molar-refractivity contribution is -0.124. The van der Waals surface area contributed by atoms with E-state index < -0.39 is 0 Å². The Morgan fingerprint density at radius 2 is 1.95 bits per heavy atom. The van der Waals surface area contributed by atoms with Crippen LogP contribution < -0.4 is 5.32 Å². The van der Waals surface area contributed by atoms with Gasteiger partial charge in [0, 0.05) is 24.8 Å². The number of amides is 1. The van der Waals surface area contributed by atoms with Crippen LogP contribution in [0.4, 0.5) is 4.39 Å². The predicted octanol–water partition coefficient (Wildman–Crippen LogP) is 2.59. The fourth-order valence-corrected chi connectivity index (χ4v) is 1.71. The Bertz CT molecular complexity index is 469. The number of carbonyl (C=O) groups is 2. The molecule has 0 unspecified atom stereocenters. The number of carbonyl (C=O) groups excluding carboxylic acids is 2. The molecule has 0 radical (unpaired) electrons. The van der Waals surface area contributed by atoms with Gasteiger partial charge < -0.3 is 10.1 Å². The summed E-state index contributed by atoms with van der Waals surface area (Å²) < 4.78 is 13.2. The lowest BCUT2D eigenvalue weighted by Gasteiger charge is -2.25. The summed E-state index contributed by atoms with van der Waals surface area (Å²) in [5.41, 5.74) is 0.480.